The largest absolute Gasteiger partial charge is 0.307 e. The second-order valence-electron chi connectivity index (χ2n) is 6.56. The van der Waals surface area contributed by atoms with Crippen LogP contribution in [0.1, 0.15) is 47.5 Å². The minimum absolute atomic E-state index is 0.232. The molecule has 1 aliphatic heterocycles. The van der Waals surface area contributed by atoms with Crippen LogP contribution in [0.15, 0.2) is 0 Å². The first-order valence-corrected chi connectivity index (χ1v) is 6.40. The molecular formula is C13H29N3. The van der Waals surface area contributed by atoms with Crippen molar-refractivity contribution in [1.29, 1.82) is 0 Å². The molecule has 0 unspecified atom stereocenters. The van der Waals surface area contributed by atoms with E-state index in [2.05, 4.69) is 64.0 Å². The van der Waals surface area contributed by atoms with E-state index in [-0.39, 0.29) is 11.1 Å². The molecule has 0 bridgehead atoms. The van der Waals surface area contributed by atoms with E-state index in [0.29, 0.717) is 6.04 Å². The van der Waals surface area contributed by atoms with Gasteiger partial charge < -0.3 is 5.32 Å². The predicted molar refractivity (Wildman–Crippen MR) is 70.4 cm³/mol. The lowest BCUT2D eigenvalue weighted by Crippen LogP contribution is -2.63. The summed E-state index contributed by atoms with van der Waals surface area (Å²) in [5.41, 5.74) is 0.464. The maximum atomic E-state index is 3.73. The Morgan fingerprint density at radius 2 is 1.50 bits per heavy atom. The zero-order valence-electron chi connectivity index (χ0n) is 12.1. The quantitative estimate of drug-likeness (QED) is 0.745. The first kappa shape index (κ1) is 13.9. The van der Waals surface area contributed by atoms with Crippen LogP contribution < -0.4 is 5.32 Å². The third-order valence-corrected chi connectivity index (χ3v) is 3.43. The van der Waals surface area contributed by atoms with E-state index in [0.717, 1.165) is 6.54 Å². The van der Waals surface area contributed by atoms with Gasteiger partial charge in [0, 0.05) is 37.8 Å². The molecular weight excluding hydrogens is 198 g/mol. The van der Waals surface area contributed by atoms with Crippen LogP contribution in [0.2, 0.25) is 0 Å². The Morgan fingerprint density at radius 3 is 1.81 bits per heavy atom. The summed E-state index contributed by atoms with van der Waals surface area (Å²) < 4.78 is 0. The van der Waals surface area contributed by atoms with Gasteiger partial charge in [-0.15, -0.1) is 0 Å². The van der Waals surface area contributed by atoms with Crippen LogP contribution in [0.25, 0.3) is 0 Å². The summed E-state index contributed by atoms with van der Waals surface area (Å²) in [6, 6.07) is 0.645. The number of hydrogen-bond acceptors (Lipinski definition) is 3. The van der Waals surface area contributed by atoms with Gasteiger partial charge in [0.2, 0.25) is 0 Å². The molecule has 0 aromatic carbocycles. The van der Waals surface area contributed by atoms with Gasteiger partial charge in [-0.05, 0) is 40.5 Å². The van der Waals surface area contributed by atoms with Crippen molar-refractivity contribution < 1.29 is 0 Å². The van der Waals surface area contributed by atoms with Crippen LogP contribution >= 0.6 is 0 Å². The van der Waals surface area contributed by atoms with Crippen molar-refractivity contribution in [1.82, 2.24) is 15.3 Å². The zero-order valence-corrected chi connectivity index (χ0v) is 12.1. The smallest absolute Gasteiger partial charge is 0.0280 e. The molecule has 1 N–H and O–H groups in total. The number of hydrazine groups is 1. The molecule has 0 radical (unpaired) electrons. The van der Waals surface area contributed by atoms with Crippen molar-refractivity contribution in [2.45, 2.75) is 64.6 Å². The molecule has 1 rings (SSSR count). The van der Waals surface area contributed by atoms with Gasteiger partial charge in [0.05, 0.1) is 0 Å². The first-order chi connectivity index (χ1) is 7.17. The van der Waals surface area contributed by atoms with Gasteiger partial charge in [0.1, 0.15) is 0 Å². The predicted octanol–water partition coefficient (Wildman–Crippen LogP) is 2.09. The van der Waals surface area contributed by atoms with Crippen molar-refractivity contribution in [3.8, 4) is 0 Å². The minimum Gasteiger partial charge on any atom is -0.307 e. The van der Waals surface area contributed by atoms with E-state index < -0.39 is 0 Å². The number of nitrogens with one attached hydrogen (secondary N) is 1. The minimum atomic E-state index is 0.232. The highest BCUT2D eigenvalue weighted by Crippen LogP contribution is 2.31. The lowest BCUT2D eigenvalue weighted by molar-refractivity contribution is -0.0536. The van der Waals surface area contributed by atoms with Crippen molar-refractivity contribution in [3.63, 3.8) is 0 Å². The van der Waals surface area contributed by atoms with Gasteiger partial charge >= 0.3 is 0 Å². The SMILES string of the molecule is CCN(C1CC(C)(C)NC(C)(C)C1)N(C)C. The fraction of sp³-hybridized carbons (Fsp3) is 1.00. The van der Waals surface area contributed by atoms with E-state index in [1.165, 1.54) is 12.8 Å². The molecule has 1 saturated heterocycles. The van der Waals surface area contributed by atoms with Crippen LogP contribution in [0, 0.1) is 0 Å². The third-order valence-electron chi connectivity index (χ3n) is 3.43. The van der Waals surface area contributed by atoms with Gasteiger partial charge in [-0.3, -0.25) is 0 Å². The van der Waals surface area contributed by atoms with E-state index in [4.69, 9.17) is 0 Å². The van der Waals surface area contributed by atoms with Gasteiger partial charge in [0.25, 0.3) is 0 Å². The van der Waals surface area contributed by atoms with Crippen molar-refractivity contribution in [2.24, 2.45) is 0 Å². The Kier molecular flexibility index (Phi) is 4.04. The molecule has 1 aliphatic rings. The molecule has 0 atom stereocenters. The molecule has 0 saturated carbocycles. The lowest BCUT2D eigenvalue weighted by atomic mass is 9.79. The number of nitrogens with zero attached hydrogens (tertiary/aromatic N) is 2. The number of rotatable bonds is 3. The molecule has 0 spiro atoms. The number of piperidine rings is 1. The van der Waals surface area contributed by atoms with Crippen LogP contribution in [0.3, 0.4) is 0 Å². The van der Waals surface area contributed by atoms with Crippen molar-refractivity contribution in [3.05, 3.63) is 0 Å². The van der Waals surface area contributed by atoms with Gasteiger partial charge in [-0.2, -0.15) is 0 Å². The Labute approximate surface area is 101 Å². The van der Waals surface area contributed by atoms with Gasteiger partial charge in [0.15, 0.2) is 0 Å². The van der Waals surface area contributed by atoms with Gasteiger partial charge in [-0.25, -0.2) is 10.0 Å². The molecule has 3 nitrogen and oxygen atoms in total. The molecule has 1 heterocycles. The number of hydrogen-bond donors (Lipinski definition) is 1. The monoisotopic (exact) mass is 227 g/mol. The molecule has 1 fully saturated rings. The molecule has 0 aliphatic carbocycles. The maximum absolute atomic E-state index is 3.73. The van der Waals surface area contributed by atoms with E-state index in [1.54, 1.807) is 0 Å². The molecule has 0 amide bonds. The maximum Gasteiger partial charge on any atom is 0.0280 e. The summed E-state index contributed by atoms with van der Waals surface area (Å²) in [4.78, 5) is 0. The Hall–Kier alpha value is -0.120. The molecule has 3 heteroatoms. The topological polar surface area (TPSA) is 18.5 Å². The summed E-state index contributed by atoms with van der Waals surface area (Å²) in [6.45, 7) is 12.6. The Bertz CT molecular complexity index is 217. The van der Waals surface area contributed by atoms with Crippen LogP contribution in [0.5, 0.6) is 0 Å². The molecule has 0 aromatic rings. The van der Waals surface area contributed by atoms with E-state index in [9.17, 15) is 0 Å². The lowest BCUT2D eigenvalue weighted by Gasteiger charge is -2.50. The van der Waals surface area contributed by atoms with E-state index in [1.807, 2.05) is 0 Å². The fourth-order valence-electron chi connectivity index (χ4n) is 3.35. The summed E-state index contributed by atoms with van der Waals surface area (Å²) >= 11 is 0. The van der Waals surface area contributed by atoms with Crippen LogP contribution in [0.4, 0.5) is 0 Å². The summed E-state index contributed by atoms with van der Waals surface area (Å²) in [5.74, 6) is 0. The standard InChI is InChI=1S/C13H29N3/c1-8-16(15(6)7)11-9-12(2,3)14-13(4,5)10-11/h11,14H,8-10H2,1-7H3. The first-order valence-electron chi connectivity index (χ1n) is 6.40. The summed E-state index contributed by atoms with van der Waals surface area (Å²) in [6.07, 6.45) is 2.42. The molecule has 16 heavy (non-hydrogen) atoms. The van der Waals surface area contributed by atoms with Crippen LogP contribution in [-0.4, -0.2) is 47.8 Å². The second-order valence-corrected chi connectivity index (χ2v) is 6.56. The second kappa shape index (κ2) is 4.63. The summed E-state index contributed by atoms with van der Waals surface area (Å²) in [5, 5.41) is 8.45. The van der Waals surface area contributed by atoms with Crippen LogP contribution in [-0.2, 0) is 0 Å². The molecule has 0 aromatic heterocycles. The average Bonchev–Trinajstić information content (AvgIpc) is 1.97. The Morgan fingerprint density at radius 1 is 1.06 bits per heavy atom. The Balaban J connectivity index is 2.80. The van der Waals surface area contributed by atoms with E-state index >= 15 is 0 Å². The fourth-order valence-corrected chi connectivity index (χ4v) is 3.35. The average molecular weight is 227 g/mol. The zero-order chi connectivity index (χ0) is 12.6. The third kappa shape index (κ3) is 3.44. The van der Waals surface area contributed by atoms with Crippen molar-refractivity contribution >= 4 is 0 Å². The summed E-state index contributed by atoms with van der Waals surface area (Å²) in [7, 11) is 4.29. The van der Waals surface area contributed by atoms with Gasteiger partial charge in [-0.1, -0.05) is 6.92 Å². The highest BCUT2D eigenvalue weighted by Gasteiger charge is 2.39. The highest BCUT2D eigenvalue weighted by molar-refractivity contribution is 4.99. The highest BCUT2D eigenvalue weighted by atomic mass is 15.6. The van der Waals surface area contributed by atoms with Crippen molar-refractivity contribution in [2.75, 3.05) is 20.6 Å². The normalized spacial score (nSPS) is 25.3. The molecule has 96 valence electrons.